The van der Waals surface area contributed by atoms with Crippen LogP contribution in [-0.4, -0.2) is 21.9 Å². The van der Waals surface area contributed by atoms with E-state index in [2.05, 4.69) is 39.8 Å². The number of nitrogens with one attached hydrogen (secondary N) is 1. The minimum atomic E-state index is -0.0489. The number of anilines is 1. The topological polar surface area (TPSA) is 80.9 Å². The Morgan fingerprint density at radius 3 is 2.78 bits per heavy atom. The third-order valence-corrected chi connectivity index (χ3v) is 5.29. The first kappa shape index (κ1) is 15.8. The third-order valence-electron chi connectivity index (χ3n) is 3.40. The largest absolute Gasteiger partial charge is 0.374 e. The molecule has 0 saturated heterocycles. The van der Waals surface area contributed by atoms with Crippen molar-refractivity contribution in [3.63, 3.8) is 0 Å². The second-order valence-corrected chi connectivity index (χ2v) is 7.32. The predicted octanol–water partition coefficient (Wildman–Crippen LogP) is 3.24. The molecule has 1 atom stereocenters. The average Bonchev–Trinajstić information content (AvgIpc) is 2.98. The highest BCUT2D eigenvalue weighted by Crippen LogP contribution is 2.24. The summed E-state index contributed by atoms with van der Waals surface area (Å²) in [7, 11) is 0. The molecule has 0 fully saturated rings. The number of amides is 1. The number of carbonyl (C=O) groups is 1. The quantitative estimate of drug-likeness (QED) is 0.695. The van der Waals surface area contributed by atoms with Gasteiger partial charge in [-0.05, 0) is 29.3 Å². The maximum absolute atomic E-state index is 12.1. The fourth-order valence-corrected chi connectivity index (χ4v) is 3.70. The van der Waals surface area contributed by atoms with E-state index < -0.39 is 0 Å². The summed E-state index contributed by atoms with van der Waals surface area (Å²) < 4.78 is 0.705. The van der Waals surface area contributed by atoms with Gasteiger partial charge in [-0.2, -0.15) is 0 Å². The second kappa shape index (κ2) is 6.97. The van der Waals surface area contributed by atoms with Crippen molar-refractivity contribution in [2.45, 2.75) is 17.3 Å². The zero-order chi connectivity index (χ0) is 16.2. The molecule has 0 aliphatic carbocycles. The van der Waals surface area contributed by atoms with Gasteiger partial charge in [0.2, 0.25) is 11.0 Å². The Labute approximate surface area is 142 Å². The third kappa shape index (κ3) is 4.00. The van der Waals surface area contributed by atoms with Crippen LogP contribution in [0.1, 0.15) is 18.5 Å². The Morgan fingerprint density at radius 2 is 2.04 bits per heavy atom. The van der Waals surface area contributed by atoms with Gasteiger partial charge < -0.3 is 11.1 Å². The van der Waals surface area contributed by atoms with Gasteiger partial charge in [-0.3, -0.25) is 4.79 Å². The van der Waals surface area contributed by atoms with Gasteiger partial charge in [0.15, 0.2) is 4.34 Å². The highest BCUT2D eigenvalue weighted by molar-refractivity contribution is 8.01. The summed E-state index contributed by atoms with van der Waals surface area (Å²) in [5.74, 6) is 0.261. The van der Waals surface area contributed by atoms with Crippen LogP contribution in [0.4, 0.5) is 5.13 Å². The number of aromatic nitrogens is 2. The summed E-state index contributed by atoms with van der Waals surface area (Å²) in [6.07, 6.45) is 0. The van der Waals surface area contributed by atoms with Crippen LogP contribution >= 0.6 is 23.1 Å². The van der Waals surface area contributed by atoms with Gasteiger partial charge in [0.1, 0.15) is 0 Å². The first-order valence-corrected chi connectivity index (χ1v) is 8.92. The molecule has 1 heterocycles. The van der Waals surface area contributed by atoms with Crippen LogP contribution in [0.25, 0.3) is 10.8 Å². The van der Waals surface area contributed by atoms with Crippen LogP contribution in [0.3, 0.4) is 0 Å². The minimum absolute atomic E-state index is 0.0376. The van der Waals surface area contributed by atoms with Crippen molar-refractivity contribution in [3.8, 4) is 0 Å². The van der Waals surface area contributed by atoms with Crippen molar-refractivity contribution < 1.29 is 4.79 Å². The lowest BCUT2D eigenvalue weighted by Gasteiger charge is -2.14. The summed E-state index contributed by atoms with van der Waals surface area (Å²) in [4.78, 5) is 12.1. The summed E-state index contributed by atoms with van der Waals surface area (Å²) in [6, 6.07) is 14.4. The number of carbonyl (C=O) groups excluding carboxylic acids is 1. The van der Waals surface area contributed by atoms with Gasteiger partial charge >= 0.3 is 0 Å². The van der Waals surface area contributed by atoms with Crippen molar-refractivity contribution in [1.29, 1.82) is 0 Å². The Bertz CT molecular complexity index is 834. The van der Waals surface area contributed by atoms with E-state index in [1.807, 2.05) is 25.1 Å². The molecule has 3 aromatic rings. The second-order valence-electron chi connectivity index (χ2n) is 5.09. The van der Waals surface area contributed by atoms with Crippen molar-refractivity contribution in [2.24, 2.45) is 0 Å². The van der Waals surface area contributed by atoms with Gasteiger partial charge in [0.05, 0.1) is 11.8 Å². The standard InChI is InChI=1S/C16H16N4OS2/c1-10(12-7-6-11-4-2-3-5-13(11)8-12)18-14(21)9-22-16-20-19-15(17)23-16/h2-8,10H,9H2,1H3,(H2,17,19)(H,18,21). The Hall–Kier alpha value is -2.12. The highest BCUT2D eigenvalue weighted by Gasteiger charge is 2.11. The minimum Gasteiger partial charge on any atom is -0.374 e. The summed E-state index contributed by atoms with van der Waals surface area (Å²) in [5.41, 5.74) is 6.60. The first-order chi connectivity index (χ1) is 11.1. The zero-order valence-electron chi connectivity index (χ0n) is 12.5. The molecule has 0 aliphatic rings. The number of hydrogen-bond acceptors (Lipinski definition) is 6. The van der Waals surface area contributed by atoms with Gasteiger partial charge in [0, 0.05) is 0 Å². The molecule has 0 bridgehead atoms. The number of rotatable bonds is 5. The van der Waals surface area contributed by atoms with Gasteiger partial charge in [-0.15, -0.1) is 10.2 Å². The van der Waals surface area contributed by atoms with Crippen LogP contribution < -0.4 is 11.1 Å². The molecule has 3 N–H and O–H groups in total. The maximum atomic E-state index is 12.1. The fourth-order valence-electron chi connectivity index (χ4n) is 2.25. The number of nitrogen functional groups attached to an aromatic ring is 1. The van der Waals surface area contributed by atoms with Gasteiger partial charge in [-0.25, -0.2) is 0 Å². The summed E-state index contributed by atoms with van der Waals surface area (Å²) in [5, 5.41) is 13.4. The Kier molecular flexibility index (Phi) is 4.78. The first-order valence-electron chi connectivity index (χ1n) is 7.11. The average molecular weight is 344 g/mol. The van der Waals surface area contributed by atoms with Crippen LogP contribution in [0.5, 0.6) is 0 Å². The Morgan fingerprint density at radius 1 is 1.26 bits per heavy atom. The van der Waals surface area contributed by atoms with E-state index >= 15 is 0 Å². The van der Waals surface area contributed by atoms with Gasteiger partial charge in [0.25, 0.3) is 0 Å². The molecule has 1 amide bonds. The molecule has 7 heteroatoms. The molecule has 1 unspecified atom stereocenters. The van der Waals surface area contributed by atoms with Crippen molar-refractivity contribution in [1.82, 2.24) is 15.5 Å². The van der Waals surface area contributed by atoms with E-state index in [1.165, 1.54) is 33.9 Å². The SMILES string of the molecule is CC(NC(=O)CSc1nnc(N)s1)c1ccc2ccccc2c1. The lowest BCUT2D eigenvalue weighted by Crippen LogP contribution is -2.28. The molecular weight excluding hydrogens is 328 g/mol. The molecule has 3 rings (SSSR count). The number of benzene rings is 2. The van der Waals surface area contributed by atoms with E-state index in [9.17, 15) is 4.79 Å². The van der Waals surface area contributed by atoms with E-state index in [4.69, 9.17) is 5.73 Å². The Balaban J connectivity index is 1.60. The van der Waals surface area contributed by atoms with Crippen LogP contribution in [-0.2, 0) is 4.79 Å². The van der Waals surface area contributed by atoms with E-state index in [1.54, 1.807) is 0 Å². The number of fused-ring (bicyclic) bond motifs is 1. The maximum Gasteiger partial charge on any atom is 0.230 e. The molecule has 118 valence electrons. The molecule has 2 aromatic carbocycles. The molecule has 0 spiro atoms. The van der Waals surface area contributed by atoms with Crippen LogP contribution in [0.15, 0.2) is 46.8 Å². The van der Waals surface area contributed by atoms with E-state index in [0.717, 1.165) is 5.56 Å². The zero-order valence-corrected chi connectivity index (χ0v) is 14.2. The van der Waals surface area contributed by atoms with Gasteiger partial charge in [-0.1, -0.05) is 59.5 Å². The monoisotopic (exact) mass is 344 g/mol. The number of nitrogens with two attached hydrogens (primary N) is 1. The van der Waals surface area contributed by atoms with Crippen molar-refractivity contribution >= 4 is 44.9 Å². The van der Waals surface area contributed by atoms with E-state index in [-0.39, 0.29) is 11.9 Å². The lowest BCUT2D eigenvalue weighted by molar-refractivity contribution is -0.119. The molecule has 1 aromatic heterocycles. The van der Waals surface area contributed by atoms with E-state index in [0.29, 0.717) is 15.2 Å². The number of nitrogens with zero attached hydrogens (tertiary/aromatic N) is 2. The molecule has 0 saturated carbocycles. The summed E-state index contributed by atoms with van der Waals surface area (Å²) >= 11 is 2.63. The van der Waals surface area contributed by atoms with Crippen molar-refractivity contribution in [3.05, 3.63) is 48.0 Å². The lowest BCUT2D eigenvalue weighted by atomic mass is 10.0. The van der Waals surface area contributed by atoms with Crippen molar-refractivity contribution in [2.75, 3.05) is 11.5 Å². The predicted molar refractivity (Wildman–Crippen MR) is 95.6 cm³/mol. The fraction of sp³-hybridized carbons (Fsp3) is 0.188. The highest BCUT2D eigenvalue weighted by atomic mass is 32.2. The molecular formula is C16H16N4OS2. The smallest absolute Gasteiger partial charge is 0.230 e. The van der Waals surface area contributed by atoms with Crippen LogP contribution in [0.2, 0.25) is 0 Å². The summed E-state index contributed by atoms with van der Waals surface area (Å²) in [6.45, 7) is 1.98. The normalized spacial score (nSPS) is 12.2. The molecule has 5 nitrogen and oxygen atoms in total. The molecule has 0 radical (unpaired) electrons. The number of thioether (sulfide) groups is 1. The number of hydrogen-bond donors (Lipinski definition) is 2. The molecule has 23 heavy (non-hydrogen) atoms. The van der Waals surface area contributed by atoms with Crippen LogP contribution in [0, 0.1) is 0 Å². The molecule has 0 aliphatic heterocycles.